The lowest BCUT2D eigenvalue weighted by atomic mass is 10.0. The van der Waals surface area contributed by atoms with E-state index in [2.05, 4.69) is 32.9 Å². The van der Waals surface area contributed by atoms with E-state index < -0.39 is 17.2 Å². The number of aromatic nitrogens is 3. The molecule has 3 N–H and O–H groups in total. The minimum Gasteiger partial charge on any atom is -0.456 e. The van der Waals surface area contributed by atoms with Crippen LogP contribution in [0, 0.1) is 5.82 Å². The van der Waals surface area contributed by atoms with Crippen LogP contribution in [0.15, 0.2) is 76.6 Å². The van der Waals surface area contributed by atoms with Gasteiger partial charge in [-0.3, -0.25) is 14.4 Å². The second kappa shape index (κ2) is 14.5. The predicted octanol–water partition coefficient (Wildman–Crippen LogP) is 4.92. The second-order valence-corrected chi connectivity index (χ2v) is 14.8. The van der Waals surface area contributed by atoms with Crippen LogP contribution >= 0.6 is 0 Å². The number of likely N-dealkylation sites (tertiary alicyclic amines) is 1. The van der Waals surface area contributed by atoms with Gasteiger partial charge >= 0.3 is 0 Å². The van der Waals surface area contributed by atoms with E-state index in [0.717, 1.165) is 30.3 Å². The van der Waals surface area contributed by atoms with Gasteiger partial charge in [0.25, 0.3) is 5.91 Å². The summed E-state index contributed by atoms with van der Waals surface area (Å²) < 4.78 is 33.0. The number of aryl methyl sites for hydroxylation is 1. The SMILES string of the molecule is CN1CCCC1CCNCC(=O)N[C@@H]1CCN(c2c(F)cc3c(=O)c(C(=O)NCCCn4ccnc4)cn4c3c2Oc2cc3c(cc2-4)oc2ccccc23)C1. The molecule has 9 rings (SSSR count). The smallest absolute Gasteiger partial charge is 0.256 e. The predicted molar refractivity (Wildman–Crippen MR) is 208 cm³/mol. The molecular weight excluding hydrogens is 704 g/mol. The number of amides is 2. The first-order valence-electron chi connectivity index (χ1n) is 19.1. The first-order valence-corrected chi connectivity index (χ1v) is 19.1. The Hall–Kier alpha value is -5.73. The summed E-state index contributed by atoms with van der Waals surface area (Å²) in [6.07, 6.45) is 11.4. The molecule has 14 heteroatoms. The highest BCUT2D eigenvalue weighted by Crippen LogP contribution is 2.49. The van der Waals surface area contributed by atoms with Crippen LogP contribution in [0.25, 0.3) is 38.5 Å². The molecule has 0 saturated carbocycles. The Labute approximate surface area is 316 Å². The second-order valence-electron chi connectivity index (χ2n) is 14.8. The van der Waals surface area contributed by atoms with Crippen LogP contribution in [-0.2, 0) is 11.3 Å². The maximum absolute atomic E-state index is 16.5. The third-order valence-corrected chi connectivity index (χ3v) is 11.3. The minimum atomic E-state index is -0.646. The third kappa shape index (κ3) is 6.59. The summed E-state index contributed by atoms with van der Waals surface area (Å²) >= 11 is 0. The Morgan fingerprint density at radius 2 is 1.93 bits per heavy atom. The number of hydrogen-bond donors (Lipinski definition) is 3. The van der Waals surface area contributed by atoms with Gasteiger partial charge in [0.2, 0.25) is 11.3 Å². The average molecular weight is 747 g/mol. The van der Waals surface area contributed by atoms with Crippen LogP contribution in [0.2, 0.25) is 0 Å². The number of ether oxygens (including phenoxy) is 1. The normalized spacial score (nSPS) is 18.0. The van der Waals surface area contributed by atoms with Crippen LogP contribution in [0.1, 0.15) is 42.5 Å². The number of hydrogen-bond acceptors (Lipinski definition) is 9. The van der Waals surface area contributed by atoms with Gasteiger partial charge in [-0.25, -0.2) is 9.37 Å². The number of nitrogens with zero attached hydrogens (tertiary/aromatic N) is 5. The number of rotatable bonds is 12. The Morgan fingerprint density at radius 3 is 2.76 bits per heavy atom. The number of carbonyl (C=O) groups is 2. The number of pyridine rings is 1. The molecule has 6 aromatic rings. The van der Waals surface area contributed by atoms with E-state index in [1.54, 1.807) is 17.1 Å². The van der Waals surface area contributed by atoms with Crippen LogP contribution < -0.4 is 31.0 Å². The minimum absolute atomic E-state index is 0.0246. The fourth-order valence-electron chi connectivity index (χ4n) is 8.43. The van der Waals surface area contributed by atoms with Gasteiger partial charge in [0.05, 0.1) is 23.9 Å². The topological polar surface area (TPSA) is 139 Å². The van der Waals surface area contributed by atoms with E-state index in [9.17, 15) is 14.4 Å². The molecule has 2 fully saturated rings. The maximum Gasteiger partial charge on any atom is 0.256 e. The van der Waals surface area contributed by atoms with Crippen molar-refractivity contribution in [2.24, 2.45) is 0 Å². The van der Waals surface area contributed by atoms with Gasteiger partial charge in [-0.1, -0.05) is 18.2 Å². The van der Waals surface area contributed by atoms with Gasteiger partial charge in [-0.15, -0.1) is 0 Å². The molecule has 2 saturated heterocycles. The Kier molecular flexibility index (Phi) is 9.22. The quantitative estimate of drug-likeness (QED) is 0.149. The number of anilines is 1. The average Bonchev–Trinajstić information content (AvgIpc) is 4.01. The summed E-state index contributed by atoms with van der Waals surface area (Å²) in [5.74, 6) is -0.690. The zero-order valence-electron chi connectivity index (χ0n) is 30.6. The van der Waals surface area contributed by atoms with Gasteiger partial charge in [0.1, 0.15) is 27.9 Å². The van der Waals surface area contributed by atoms with Crippen molar-refractivity contribution < 1.29 is 23.1 Å². The van der Waals surface area contributed by atoms with Crippen molar-refractivity contribution in [2.75, 3.05) is 51.2 Å². The van der Waals surface area contributed by atoms with E-state index in [-0.39, 0.29) is 40.9 Å². The molecule has 0 aliphatic carbocycles. The van der Waals surface area contributed by atoms with Crippen molar-refractivity contribution in [3.05, 3.63) is 89.0 Å². The zero-order valence-corrected chi connectivity index (χ0v) is 30.6. The lowest BCUT2D eigenvalue weighted by Crippen LogP contribution is -2.42. The molecule has 1 unspecified atom stereocenters. The molecule has 3 aliphatic heterocycles. The summed E-state index contributed by atoms with van der Waals surface area (Å²) in [7, 11) is 2.15. The largest absolute Gasteiger partial charge is 0.456 e. The third-order valence-electron chi connectivity index (χ3n) is 11.3. The highest BCUT2D eigenvalue weighted by molar-refractivity contribution is 6.07. The number of para-hydroxylation sites is 1. The Balaban J connectivity index is 1.02. The maximum atomic E-state index is 16.5. The first kappa shape index (κ1) is 35.0. The number of imidazole rings is 1. The lowest BCUT2D eigenvalue weighted by Gasteiger charge is -2.29. The number of halogens is 1. The fraction of sp³-hybridized carbons (Fsp3) is 0.366. The Morgan fingerprint density at radius 1 is 1.04 bits per heavy atom. The number of benzene rings is 3. The number of carbonyl (C=O) groups excluding carboxylic acids is 2. The first-order chi connectivity index (χ1) is 26.8. The number of nitrogens with one attached hydrogen (secondary N) is 3. The molecule has 13 nitrogen and oxygen atoms in total. The molecule has 284 valence electrons. The molecule has 3 aromatic carbocycles. The summed E-state index contributed by atoms with van der Waals surface area (Å²) in [4.78, 5) is 48.8. The van der Waals surface area contributed by atoms with Gasteiger partial charge in [-0.2, -0.15) is 0 Å². The molecule has 2 atom stereocenters. The summed E-state index contributed by atoms with van der Waals surface area (Å²) in [6, 6.07) is 12.9. The zero-order chi connectivity index (χ0) is 37.6. The molecule has 6 heterocycles. The van der Waals surface area contributed by atoms with Crippen molar-refractivity contribution in [2.45, 2.75) is 50.7 Å². The lowest BCUT2D eigenvalue weighted by molar-refractivity contribution is -0.120. The molecule has 2 amide bonds. The number of furan rings is 1. The van der Waals surface area contributed by atoms with Crippen molar-refractivity contribution in [1.82, 2.24) is 35.0 Å². The van der Waals surface area contributed by atoms with E-state index in [0.29, 0.717) is 73.2 Å². The highest BCUT2D eigenvalue weighted by Gasteiger charge is 2.34. The van der Waals surface area contributed by atoms with Crippen LogP contribution in [0.5, 0.6) is 11.5 Å². The Bertz CT molecular complexity index is 2490. The fourth-order valence-corrected chi connectivity index (χ4v) is 8.43. The molecular formula is C41H43FN8O5. The van der Waals surface area contributed by atoms with Crippen LogP contribution in [0.4, 0.5) is 10.1 Å². The molecule has 0 radical (unpaired) electrons. The van der Waals surface area contributed by atoms with E-state index in [1.807, 2.05) is 52.1 Å². The van der Waals surface area contributed by atoms with Gasteiger partial charge in [0.15, 0.2) is 17.3 Å². The van der Waals surface area contributed by atoms with Crippen molar-refractivity contribution >= 4 is 50.3 Å². The molecule has 3 aromatic heterocycles. The van der Waals surface area contributed by atoms with Crippen molar-refractivity contribution in [3.63, 3.8) is 0 Å². The standard InChI is InChI=1S/C41H43FN8O5/c1-47-14-4-6-26(47)9-12-43-21-36(51)46-25-10-16-49(22-25)38-31(42)18-29-37-40(38)55-35-19-28-27-7-2-3-8-33(27)54-34(28)20-32(35)50(37)23-30(39(29)52)41(53)45-11-5-15-48-17-13-44-24-48/h2-3,7-8,13,17-20,23-26,43H,4-6,9-12,14-16,21-22H2,1H3,(H,45,53)(H,46,51)/t25-,26?/m1/s1. The summed E-state index contributed by atoms with van der Waals surface area (Å²) in [6.45, 7) is 3.90. The van der Waals surface area contributed by atoms with Crippen molar-refractivity contribution in [1.29, 1.82) is 0 Å². The van der Waals surface area contributed by atoms with Crippen molar-refractivity contribution in [3.8, 4) is 17.2 Å². The van der Waals surface area contributed by atoms with E-state index in [1.165, 1.54) is 25.1 Å². The number of fused-ring (bicyclic) bond motifs is 5. The van der Waals surface area contributed by atoms with E-state index >= 15 is 4.39 Å². The molecule has 0 spiro atoms. The van der Waals surface area contributed by atoms with Gasteiger partial charge in [-0.05, 0) is 70.4 Å². The van der Waals surface area contributed by atoms with Crippen LogP contribution in [-0.4, -0.2) is 89.2 Å². The van der Waals surface area contributed by atoms with E-state index in [4.69, 9.17) is 9.15 Å². The summed E-state index contributed by atoms with van der Waals surface area (Å²) in [5, 5.41) is 11.0. The summed E-state index contributed by atoms with van der Waals surface area (Å²) in [5.41, 5.74) is 1.70. The molecule has 0 bridgehead atoms. The van der Waals surface area contributed by atoms with Gasteiger partial charge < -0.3 is 44.0 Å². The molecule has 55 heavy (non-hydrogen) atoms. The monoisotopic (exact) mass is 746 g/mol. The van der Waals surface area contributed by atoms with Gasteiger partial charge in [0, 0.05) is 73.7 Å². The molecule has 3 aliphatic rings. The highest BCUT2D eigenvalue weighted by atomic mass is 19.1. The van der Waals surface area contributed by atoms with Crippen LogP contribution in [0.3, 0.4) is 0 Å².